The molecule has 1 nitrogen and oxygen atoms in total. The van der Waals surface area contributed by atoms with Gasteiger partial charge in [0, 0.05) is 5.92 Å². The van der Waals surface area contributed by atoms with E-state index in [9.17, 15) is 0 Å². The SMILES string of the molecule is c1ccc(B2CCC(c3ccccc3)C(c3ccccc3)(c3ccccc3)O2)cc1. The summed E-state index contributed by atoms with van der Waals surface area (Å²) in [5.41, 5.74) is 4.47. The van der Waals surface area contributed by atoms with Gasteiger partial charge in [-0.15, -0.1) is 0 Å². The molecule has 0 bridgehead atoms. The summed E-state index contributed by atoms with van der Waals surface area (Å²) in [6, 6.07) is 43.0. The van der Waals surface area contributed by atoms with E-state index < -0.39 is 5.60 Å². The van der Waals surface area contributed by atoms with Crippen LogP contribution >= 0.6 is 0 Å². The molecule has 0 radical (unpaired) electrons. The smallest absolute Gasteiger partial charge is 0.328 e. The standard InChI is InChI=1S/C28H25BO/c1-5-13-23(14-6-1)27-21-22-29(26-19-11-4-12-20-26)30-28(27,24-15-7-2-8-16-24)25-17-9-3-10-18-25/h1-20,27H,21-22H2. The molecule has 0 spiro atoms. The van der Waals surface area contributed by atoms with E-state index in [0.717, 1.165) is 12.7 Å². The number of hydrogen-bond donors (Lipinski definition) is 0. The summed E-state index contributed by atoms with van der Waals surface area (Å²) in [6.07, 6.45) is 2.07. The average Bonchev–Trinajstić information content (AvgIpc) is 2.86. The quantitative estimate of drug-likeness (QED) is 0.388. The van der Waals surface area contributed by atoms with Crippen LogP contribution in [0.1, 0.15) is 29.0 Å². The minimum atomic E-state index is -0.539. The zero-order valence-corrected chi connectivity index (χ0v) is 17.0. The molecular formula is C28H25BO. The van der Waals surface area contributed by atoms with E-state index in [1.54, 1.807) is 0 Å². The second-order valence-corrected chi connectivity index (χ2v) is 8.03. The largest absolute Gasteiger partial charge is 0.417 e. The molecule has 4 aromatic carbocycles. The van der Waals surface area contributed by atoms with Crippen molar-refractivity contribution in [3.05, 3.63) is 138 Å². The van der Waals surface area contributed by atoms with Gasteiger partial charge in [0.25, 0.3) is 0 Å². The lowest BCUT2D eigenvalue weighted by Gasteiger charge is -2.48. The second-order valence-electron chi connectivity index (χ2n) is 8.03. The molecule has 5 rings (SSSR count). The van der Waals surface area contributed by atoms with Crippen molar-refractivity contribution in [1.82, 2.24) is 0 Å². The molecule has 1 aliphatic heterocycles. The fourth-order valence-corrected chi connectivity index (χ4v) is 4.95. The molecule has 1 fully saturated rings. The summed E-state index contributed by atoms with van der Waals surface area (Å²) in [7, 11) is 0. The molecule has 0 amide bonds. The Balaban J connectivity index is 1.72. The van der Waals surface area contributed by atoms with Gasteiger partial charge in [-0.2, -0.15) is 0 Å². The van der Waals surface area contributed by atoms with Crippen LogP contribution in [-0.4, -0.2) is 6.92 Å². The molecule has 0 aromatic heterocycles. The predicted octanol–water partition coefficient (Wildman–Crippen LogP) is 6.03. The predicted molar refractivity (Wildman–Crippen MR) is 125 cm³/mol. The highest BCUT2D eigenvalue weighted by atomic mass is 16.5. The van der Waals surface area contributed by atoms with Crippen molar-refractivity contribution in [1.29, 1.82) is 0 Å². The normalized spacial score (nSPS) is 18.1. The summed E-state index contributed by atoms with van der Waals surface area (Å²) in [6.45, 7) is 0.0616. The number of rotatable bonds is 4. The molecule has 1 atom stereocenters. The van der Waals surface area contributed by atoms with Crippen molar-refractivity contribution in [2.24, 2.45) is 0 Å². The Morgan fingerprint density at radius 1 is 0.600 bits per heavy atom. The van der Waals surface area contributed by atoms with Crippen LogP contribution in [0.3, 0.4) is 0 Å². The molecule has 0 aliphatic carbocycles. The van der Waals surface area contributed by atoms with Crippen LogP contribution in [0.25, 0.3) is 0 Å². The van der Waals surface area contributed by atoms with E-state index in [-0.39, 0.29) is 12.8 Å². The van der Waals surface area contributed by atoms with Crippen LogP contribution < -0.4 is 5.46 Å². The van der Waals surface area contributed by atoms with Gasteiger partial charge in [-0.1, -0.05) is 121 Å². The Morgan fingerprint density at radius 2 is 1.07 bits per heavy atom. The minimum absolute atomic E-state index is 0.0616. The highest BCUT2D eigenvalue weighted by molar-refractivity contribution is 6.67. The van der Waals surface area contributed by atoms with Crippen LogP contribution in [0.4, 0.5) is 0 Å². The zero-order chi connectivity index (χ0) is 20.2. The van der Waals surface area contributed by atoms with Crippen LogP contribution in [0, 0.1) is 0 Å². The lowest BCUT2D eigenvalue weighted by molar-refractivity contribution is 0.0596. The maximum absolute atomic E-state index is 7.20. The molecule has 30 heavy (non-hydrogen) atoms. The monoisotopic (exact) mass is 388 g/mol. The van der Waals surface area contributed by atoms with Crippen molar-refractivity contribution in [2.75, 3.05) is 0 Å². The van der Waals surface area contributed by atoms with Gasteiger partial charge < -0.3 is 4.65 Å². The van der Waals surface area contributed by atoms with E-state index in [2.05, 4.69) is 121 Å². The van der Waals surface area contributed by atoms with Gasteiger partial charge in [-0.05, 0) is 34.9 Å². The molecule has 146 valence electrons. The lowest BCUT2D eigenvalue weighted by atomic mass is 9.51. The Labute approximate surface area is 179 Å². The van der Waals surface area contributed by atoms with Gasteiger partial charge in [-0.25, -0.2) is 0 Å². The van der Waals surface area contributed by atoms with Crippen molar-refractivity contribution in [3.8, 4) is 0 Å². The van der Waals surface area contributed by atoms with Crippen molar-refractivity contribution in [2.45, 2.75) is 24.3 Å². The lowest BCUT2D eigenvalue weighted by Crippen LogP contribution is -2.51. The Hall–Kier alpha value is -3.10. The molecular weight excluding hydrogens is 363 g/mol. The Morgan fingerprint density at radius 3 is 1.60 bits per heavy atom. The Bertz CT molecular complexity index is 1030. The number of benzene rings is 4. The van der Waals surface area contributed by atoms with Gasteiger partial charge in [0.05, 0.1) is 0 Å². The number of hydrogen-bond acceptors (Lipinski definition) is 1. The summed E-state index contributed by atoms with van der Waals surface area (Å²) in [5, 5.41) is 0. The molecule has 1 saturated heterocycles. The third kappa shape index (κ3) is 3.38. The van der Waals surface area contributed by atoms with Gasteiger partial charge in [0.15, 0.2) is 0 Å². The maximum Gasteiger partial charge on any atom is 0.328 e. The average molecular weight is 388 g/mol. The van der Waals surface area contributed by atoms with Crippen LogP contribution in [0.2, 0.25) is 6.32 Å². The maximum atomic E-state index is 7.20. The van der Waals surface area contributed by atoms with E-state index in [1.165, 1.54) is 22.2 Å². The van der Waals surface area contributed by atoms with Crippen LogP contribution in [0.15, 0.2) is 121 Å². The van der Waals surface area contributed by atoms with Crippen molar-refractivity contribution >= 4 is 12.4 Å². The van der Waals surface area contributed by atoms with E-state index in [0.29, 0.717) is 0 Å². The van der Waals surface area contributed by atoms with E-state index in [4.69, 9.17) is 4.65 Å². The summed E-state index contributed by atoms with van der Waals surface area (Å²) in [5.74, 6) is 0.239. The van der Waals surface area contributed by atoms with Gasteiger partial charge in [-0.3, -0.25) is 0 Å². The molecule has 1 unspecified atom stereocenters. The first-order valence-electron chi connectivity index (χ1n) is 10.8. The van der Waals surface area contributed by atoms with Gasteiger partial charge >= 0.3 is 6.92 Å². The topological polar surface area (TPSA) is 9.23 Å². The first kappa shape index (κ1) is 18.9. The minimum Gasteiger partial charge on any atom is -0.417 e. The van der Waals surface area contributed by atoms with Gasteiger partial charge in [0.1, 0.15) is 5.60 Å². The third-order valence-corrected chi connectivity index (χ3v) is 6.31. The highest BCUT2D eigenvalue weighted by Crippen LogP contribution is 2.51. The summed E-state index contributed by atoms with van der Waals surface area (Å²) >= 11 is 0. The van der Waals surface area contributed by atoms with E-state index >= 15 is 0 Å². The van der Waals surface area contributed by atoms with Crippen LogP contribution in [0.5, 0.6) is 0 Å². The van der Waals surface area contributed by atoms with Crippen molar-refractivity contribution < 1.29 is 4.65 Å². The fraction of sp³-hybridized carbons (Fsp3) is 0.143. The molecule has 0 saturated carbocycles. The Kier molecular flexibility index (Phi) is 5.25. The molecule has 1 aliphatic rings. The molecule has 2 heteroatoms. The summed E-state index contributed by atoms with van der Waals surface area (Å²) < 4.78 is 7.20. The zero-order valence-electron chi connectivity index (χ0n) is 17.0. The molecule has 0 N–H and O–H groups in total. The fourth-order valence-electron chi connectivity index (χ4n) is 4.95. The molecule has 1 heterocycles. The highest BCUT2D eigenvalue weighted by Gasteiger charge is 2.49. The first-order chi connectivity index (χ1) is 14.9. The third-order valence-electron chi connectivity index (χ3n) is 6.31. The van der Waals surface area contributed by atoms with Crippen LogP contribution in [-0.2, 0) is 10.3 Å². The van der Waals surface area contributed by atoms with E-state index in [1.807, 2.05) is 0 Å². The second kappa shape index (κ2) is 8.34. The van der Waals surface area contributed by atoms with Crippen molar-refractivity contribution in [3.63, 3.8) is 0 Å². The van der Waals surface area contributed by atoms with Gasteiger partial charge in [0.2, 0.25) is 0 Å². The molecule has 4 aromatic rings. The first-order valence-corrected chi connectivity index (χ1v) is 10.8. The summed E-state index contributed by atoms with van der Waals surface area (Å²) in [4.78, 5) is 0.